The number of carbonyl (C=O) groups is 1. The second kappa shape index (κ2) is 5.46. The fourth-order valence-electron chi connectivity index (χ4n) is 2.42. The standard InChI is InChI=1S/C15H9N5O3S/c21-12-8-1-2-10(11-3-4-17-19-11)18-13(8)20(7-9(12)14(22)23)15-16-5-6-24-15/h1-3,5-7H,4H2,(H,22,23). The highest BCUT2D eigenvalue weighted by atomic mass is 32.1. The summed E-state index contributed by atoms with van der Waals surface area (Å²) in [5.74, 6) is -1.29. The van der Waals surface area contributed by atoms with E-state index in [4.69, 9.17) is 0 Å². The number of aromatic carboxylic acids is 1. The average Bonchev–Trinajstić information content (AvgIpc) is 3.28. The van der Waals surface area contributed by atoms with Crippen LogP contribution in [-0.4, -0.2) is 32.2 Å². The lowest BCUT2D eigenvalue weighted by Crippen LogP contribution is -2.19. The summed E-state index contributed by atoms with van der Waals surface area (Å²) >= 11 is 1.32. The lowest BCUT2D eigenvalue weighted by molar-refractivity contribution is 0.0695. The third kappa shape index (κ3) is 2.22. The van der Waals surface area contributed by atoms with Gasteiger partial charge in [0, 0.05) is 17.8 Å². The van der Waals surface area contributed by atoms with E-state index in [1.54, 1.807) is 23.7 Å². The van der Waals surface area contributed by atoms with Gasteiger partial charge in [-0.3, -0.25) is 9.36 Å². The highest BCUT2D eigenvalue weighted by Gasteiger charge is 2.18. The number of thiazole rings is 1. The lowest BCUT2D eigenvalue weighted by atomic mass is 10.1. The molecule has 3 aromatic rings. The molecule has 4 rings (SSSR count). The van der Waals surface area contributed by atoms with Crippen molar-refractivity contribution in [2.45, 2.75) is 0 Å². The predicted octanol–water partition coefficient (Wildman–Crippen LogP) is 2.35. The van der Waals surface area contributed by atoms with E-state index < -0.39 is 11.4 Å². The normalized spacial score (nSPS) is 13.4. The fraction of sp³-hybridized carbons (Fsp3) is 0.0667. The van der Waals surface area contributed by atoms with Crippen LogP contribution in [0, 0.1) is 0 Å². The number of carboxylic acid groups (broad SMARTS) is 1. The van der Waals surface area contributed by atoms with Gasteiger partial charge in [0.25, 0.3) is 0 Å². The molecular weight excluding hydrogens is 330 g/mol. The maximum atomic E-state index is 12.4. The molecule has 0 atom stereocenters. The quantitative estimate of drug-likeness (QED) is 0.787. The Morgan fingerprint density at radius 2 is 2.21 bits per heavy atom. The molecule has 9 heteroatoms. The van der Waals surface area contributed by atoms with Crippen LogP contribution in [0.25, 0.3) is 21.9 Å². The Balaban J connectivity index is 2.07. The van der Waals surface area contributed by atoms with Crippen molar-refractivity contribution in [2.75, 3.05) is 6.54 Å². The van der Waals surface area contributed by atoms with Gasteiger partial charge in [-0.1, -0.05) is 0 Å². The van der Waals surface area contributed by atoms with Crippen molar-refractivity contribution in [2.24, 2.45) is 10.2 Å². The van der Waals surface area contributed by atoms with Crippen LogP contribution in [0.3, 0.4) is 0 Å². The van der Waals surface area contributed by atoms with Crippen molar-refractivity contribution < 1.29 is 9.90 Å². The summed E-state index contributed by atoms with van der Waals surface area (Å²) in [5, 5.41) is 19.7. The topological polar surface area (TPSA) is 110 Å². The van der Waals surface area contributed by atoms with E-state index in [0.717, 1.165) is 0 Å². The van der Waals surface area contributed by atoms with Gasteiger partial charge in [0.15, 0.2) is 10.8 Å². The molecule has 0 amide bonds. The van der Waals surface area contributed by atoms with Gasteiger partial charge < -0.3 is 5.11 Å². The number of nitrogens with zero attached hydrogens (tertiary/aromatic N) is 5. The molecule has 0 radical (unpaired) electrons. The summed E-state index contributed by atoms with van der Waals surface area (Å²) in [4.78, 5) is 32.5. The third-order valence-corrected chi connectivity index (χ3v) is 4.28. The van der Waals surface area contributed by atoms with E-state index in [9.17, 15) is 14.7 Å². The fourth-order valence-corrected chi connectivity index (χ4v) is 3.04. The van der Waals surface area contributed by atoms with Crippen LogP contribution in [0.4, 0.5) is 0 Å². The summed E-state index contributed by atoms with van der Waals surface area (Å²) in [6.07, 6.45) is 4.68. The monoisotopic (exact) mass is 339 g/mol. The zero-order valence-electron chi connectivity index (χ0n) is 12.1. The number of pyridine rings is 2. The van der Waals surface area contributed by atoms with Gasteiger partial charge in [-0.2, -0.15) is 10.2 Å². The van der Waals surface area contributed by atoms with E-state index in [1.807, 2.05) is 6.08 Å². The van der Waals surface area contributed by atoms with Crippen LogP contribution in [0.15, 0.2) is 51.0 Å². The van der Waals surface area contributed by atoms with Crippen molar-refractivity contribution in [3.63, 3.8) is 0 Å². The van der Waals surface area contributed by atoms with E-state index in [1.165, 1.54) is 22.1 Å². The Hall–Kier alpha value is -3.20. The lowest BCUT2D eigenvalue weighted by Gasteiger charge is -2.09. The molecule has 0 fully saturated rings. The van der Waals surface area contributed by atoms with Crippen molar-refractivity contribution in [3.05, 3.63) is 57.5 Å². The minimum Gasteiger partial charge on any atom is -0.477 e. The molecule has 0 saturated heterocycles. The Morgan fingerprint density at radius 3 is 2.88 bits per heavy atom. The minimum atomic E-state index is -1.29. The summed E-state index contributed by atoms with van der Waals surface area (Å²) < 4.78 is 1.51. The van der Waals surface area contributed by atoms with Crippen LogP contribution < -0.4 is 5.43 Å². The molecule has 4 heterocycles. The predicted molar refractivity (Wildman–Crippen MR) is 87.7 cm³/mol. The molecule has 0 bridgehead atoms. The summed E-state index contributed by atoms with van der Waals surface area (Å²) in [6.45, 7) is 0.492. The van der Waals surface area contributed by atoms with Crippen molar-refractivity contribution in [1.82, 2.24) is 14.5 Å². The molecule has 8 nitrogen and oxygen atoms in total. The first-order valence-electron chi connectivity index (χ1n) is 6.93. The first kappa shape index (κ1) is 14.4. The average molecular weight is 339 g/mol. The molecule has 0 spiro atoms. The SMILES string of the molecule is O=C(O)c1cn(-c2nccs2)c2nc(C3=CCN=N3)ccc2c1=O. The van der Waals surface area contributed by atoms with Crippen LogP contribution in [0.5, 0.6) is 0 Å². The largest absolute Gasteiger partial charge is 0.477 e. The Morgan fingerprint density at radius 1 is 1.33 bits per heavy atom. The van der Waals surface area contributed by atoms with E-state index in [0.29, 0.717) is 28.7 Å². The van der Waals surface area contributed by atoms with Crippen LogP contribution in [0.2, 0.25) is 0 Å². The number of aromatic nitrogens is 3. The van der Waals surface area contributed by atoms with Gasteiger partial charge in [-0.25, -0.2) is 14.8 Å². The second-order valence-electron chi connectivity index (χ2n) is 4.94. The maximum absolute atomic E-state index is 12.4. The number of hydrogen-bond acceptors (Lipinski definition) is 7. The zero-order chi connectivity index (χ0) is 16.7. The van der Waals surface area contributed by atoms with Crippen LogP contribution >= 0.6 is 11.3 Å². The molecule has 1 N–H and O–H groups in total. The molecule has 0 aromatic carbocycles. The molecule has 0 saturated carbocycles. The second-order valence-corrected chi connectivity index (χ2v) is 5.82. The van der Waals surface area contributed by atoms with E-state index in [2.05, 4.69) is 20.2 Å². The zero-order valence-corrected chi connectivity index (χ0v) is 12.9. The van der Waals surface area contributed by atoms with E-state index in [-0.39, 0.29) is 10.9 Å². The molecule has 0 aliphatic carbocycles. The summed E-state index contributed by atoms with van der Waals surface area (Å²) in [7, 11) is 0. The molecule has 1 aliphatic heterocycles. The summed E-state index contributed by atoms with van der Waals surface area (Å²) in [6, 6.07) is 3.20. The van der Waals surface area contributed by atoms with Gasteiger partial charge in [0.1, 0.15) is 11.3 Å². The van der Waals surface area contributed by atoms with Gasteiger partial charge in [0.2, 0.25) is 5.43 Å². The first-order valence-corrected chi connectivity index (χ1v) is 7.81. The van der Waals surface area contributed by atoms with Gasteiger partial charge in [0.05, 0.1) is 17.6 Å². The van der Waals surface area contributed by atoms with Gasteiger partial charge in [-0.15, -0.1) is 11.3 Å². The molecule has 3 aromatic heterocycles. The number of rotatable bonds is 3. The smallest absolute Gasteiger partial charge is 0.341 e. The maximum Gasteiger partial charge on any atom is 0.341 e. The molecule has 0 unspecified atom stereocenters. The molecule has 118 valence electrons. The molecule has 1 aliphatic rings. The highest BCUT2D eigenvalue weighted by molar-refractivity contribution is 7.12. The van der Waals surface area contributed by atoms with Crippen LogP contribution in [0.1, 0.15) is 16.1 Å². The van der Waals surface area contributed by atoms with Gasteiger partial charge in [-0.05, 0) is 18.2 Å². The van der Waals surface area contributed by atoms with Crippen molar-refractivity contribution in [3.8, 4) is 5.13 Å². The Labute approximate surface area is 138 Å². The third-order valence-electron chi connectivity index (χ3n) is 3.51. The summed E-state index contributed by atoms with van der Waals surface area (Å²) in [5.41, 5.74) is 0.618. The first-order chi connectivity index (χ1) is 11.6. The number of hydrogen-bond donors (Lipinski definition) is 1. The minimum absolute atomic E-state index is 0.212. The number of carboxylic acids is 1. The number of fused-ring (bicyclic) bond motifs is 1. The Kier molecular flexibility index (Phi) is 3.28. The van der Waals surface area contributed by atoms with Crippen molar-refractivity contribution in [1.29, 1.82) is 0 Å². The molecule has 24 heavy (non-hydrogen) atoms. The molecular formula is C15H9N5O3S. The van der Waals surface area contributed by atoms with E-state index >= 15 is 0 Å². The van der Waals surface area contributed by atoms with Crippen LogP contribution in [-0.2, 0) is 0 Å². The van der Waals surface area contributed by atoms with Crippen molar-refractivity contribution >= 4 is 34.0 Å². The van der Waals surface area contributed by atoms with Gasteiger partial charge >= 0.3 is 5.97 Å². The Bertz CT molecular complexity index is 1080. The highest BCUT2D eigenvalue weighted by Crippen LogP contribution is 2.23. The number of azo groups is 1.